The maximum atomic E-state index is 6.22. The quantitative estimate of drug-likeness (QED) is 0.916. The van der Waals surface area contributed by atoms with Crippen molar-refractivity contribution < 1.29 is 0 Å². The van der Waals surface area contributed by atoms with Gasteiger partial charge in [0.05, 0.1) is 11.4 Å². The molecule has 1 unspecified atom stereocenters. The molecular weight excluding hydrogens is 286 g/mol. The van der Waals surface area contributed by atoms with E-state index in [0.29, 0.717) is 5.84 Å². The number of aromatic nitrogens is 1. The standard InChI is InChI=1S/C18H21N5/c1-3-6-15-22(2)16(17-18(19)20-9-10-23(15)17)14-11-12-7-4-5-8-13(12)21-14/h4-5,7-11,15,21H,3,6H2,1-2H3,(H2,19,20). The van der Waals surface area contributed by atoms with E-state index >= 15 is 0 Å². The molecule has 0 saturated carbocycles. The van der Waals surface area contributed by atoms with Crippen LogP contribution in [-0.4, -0.2) is 33.8 Å². The van der Waals surface area contributed by atoms with Crippen molar-refractivity contribution in [1.82, 2.24) is 14.8 Å². The summed E-state index contributed by atoms with van der Waals surface area (Å²) in [4.78, 5) is 12.4. The molecule has 0 fully saturated rings. The Labute approximate surface area is 135 Å². The first-order valence-electron chi connectivity index (χ1n) is 8.04. The van der Waals surface area contributed by atoms with Crippen LogP contribution in [0.15, 0.2) is 53.4 Å². The topological polar surface area (TPSA) is 60.6 Å². The largest absolute Gasteiger partial charge is 0.382 e. The number of aromatic amines is 1. The average molecular weight is 307 g/mol. The van der Waals surface area contributed by atoms with Gasteiger partial charge in [0.1, 0.15) is 17.7 Å². The molecule has 2 aromatic rings. The molecule has 23 heavy (non-hydrogen) atoms. The molecule has 2 aliphatic rings. The number of benzene rings is 1. The molecule has 0 saturated heterocycles. The van der Waals surface area contributed by atoms with Crippen LogP contribution in [0.2, 0.25) is 0 Å². The molecule has 4 rings (SSSR count). The van der Waals surface area contributed by atoms with Gasteiger partial charge in [-0.25, -0.2) is 4.99 Å². The summed E-state index contributed by atoms with van der Waals surface area (Å²) in [6.07, 6.45) is 6.27. The number of aliphatic imine (C=N–C) groups is 1. The third-order valence-corrected chi connectivity index (χ3v) is 4.62. The maximum Gasteiger partial charge on any atom is 0.149 e. The number of hydrogen-bond donors (Lipinski definition) is 2. The molecule has 5 nitrogen and oxygen atoms in total. The molecule has 3 N–H and O–H groups in total. The molecule has 1 aromatic heterocycles. The van der Waals surface area contributed by atoms with E-state index in [1.54, 1.807) is 6.20 Å². The summed E-state index contributed by atoms with van der Waals surface area (Å²) in [7, 11) is 2.13. The fourth-order valence-electron chi connectivity index (χ4n) is 3.56. The molecule has 5 heteroatoms. The van der Waals surface area contributed by atoms with E-state index in [0.717, 1.165) is 35.4 Å². The smallest absolute Gasteiger partial charge is 0.149 e. The first kappa shape index (κ1) is 13.9. The second kappa shape index (κ2) is 5.19. The summed E-state index contributed by atoms with van der Waals surface area (Å²) in [5.41, 5.74) is 10.6. The Morgan fingerprint density at radius 1 is 1.26 bits per heavy atom. The lowest BCUT2D eigenvalue weighted by Crippen LogP contribution is -2.38. The van der Waals surface area contributed by atoms with Crippen molar-refractivity contribution >= 4 is 22.4 Å². The normalized spacial score (nSPS) is 20.4. The van der Waals surface area contributed by atoms with Crippen LogP contribution >= 0.6 is 0 Å². The number of rotatable bonds is 3. The van der Waals surface area contributed by atoms with Gasteiger partial charge in [-0.3, -0.25) is 0 Å². The lowest BCUT2D eigenvalue weighted by Gasteiger charge is -2.30. The molecule has 3 heterocycles. The van der Waals surface area contributed by atoms with Gasteiger partial charge < -0.3 is 20.5 Å². The third kappa shape index (κ3) is 2.04. The van der Waals surface area contributed by atoms with Gasteiger partial charge in [-0.05, 0) is 18.6 Å². The molecule has 1 atom stereocenters. The number of para-hydroxylation sites is 1. The summed E-state index contributed by atoms with van der Waals surface area (Å²) < 4.78 is 0. The Balaban J connectivity index is 1.88. The zero-order valence-corrected chi connectivity index (χ0v) is 13.5. The van der Waals surface area contributed by atoms with Gasteiger partial charge >= 0.3 is 0 Å². The predicted molar refractivity (Wildman–Crippen MR) is 94.3 cm³/mol. The van der Waals surface area contributed by atoms with E-state index in [-0.39, 0.29) is 6.17 Å². The molecule has 2 aliphatic heterocycles. The third-order valence-electron chi connectivity index (χ3n) is 4.62. The van der Waals surface area contributed by atoms with Crippen LogP contribution in [0.25, 0.3) is 16.6 Å². The summed E-state index contributed by atoms with van der Waals surface area (Å²) >= 11 is 0. The molecule has 1 aromatic carbocycles. The summed E-state index contributed by atoms with van der Waals surface area (Å²) in [5, 5.41) is 1.20. The van der Waals surface area contributed by atoms with Gasteiger partial charge in [0.15, 0.2) is 0 Å². The molecule has 0 radical (unpaired) electrons. The van der Waals surface area contributed by atoms with Crippen LogP contribution in [0.5, 0.6) is 0 Å². The minimum absolute atomic E-state index is 0.279. The number of nitrogens with two attached hydrogens (primary N) is 1. The van der Waals surface area contributed by atoms with Crippen LogP contribution < -0.4 is 5.73 Å². The van der Waals surface area contributed by atoms with Gasteiger partial charge in [0.2, 0.25) is 0 Å². The highest BCUT2D eigenvalue weighted by atomic mass is 15.4. The fourth-order valence-corrected chi connectivity index (χ4v) is 3.56. The Morgan fingerprint density at radius 3 is 2.87 bits per heavy atom. The number of H-pyrrole nitrogens is 1. The number of nitrogens with one attached hydrogen (secondary N) is 1. The second-order valence-corrected chi connectivity index (χ2v) is 6.07. The maximum absolute atomic E-state index is 6.22. The summed E-state index contributed by atoms with van der Waals surface area (Å²) in [6.45, 7) is 2.21. The van der Waals surface area contributed by atoms with Gasteiger partial charge in [0.25, 0.3) is 0 Å². The van der Waals surface area contributed by atoms with E-state index in [2.05, 4.69) is 58.0 Å². The Bertz CT molecular complexity index is 809. The number of fused-ring (bicyclic) bond motifs is 2. The highest BCUT2D eigenvalue weighted by Gasteiger charge is 2.38. The zero-order valence-electron chi connectivity index (χ0n) is 13.5. The molecule has 0 bridgehead atoms. The SMILES string of the molecule is CCCC1N(C)C(c2cc3ccccc3[nH]2)=C2C(N)=NC=CN21. The molecule has 0 amide bonds. The molecule has 0 aliphatic carbocycles. The highest BCUT2D eigenvalue weighted by molar-refractivity contribution is 6.05. The van der Waals surface area contributed by atoms with Gasteiger partial charge in [-0.2, -0.15) is 0 Å². The first-order valence-corrected chi connectivity index (χ1v) is 8.04. The van der Waals surface area contributed by atoms with E-state index in [1.165, 1.54) is 5.39 Å². The van der Waals surface area contributed by atoms with Crippen molar-refractivity contribution in [2.45, 2.75) is 25.9 Å². The molecule has 0 spiro atoms. The van der Waals surface area contributed by atoms with Gasteiger partial charge in [0, 0.05) is 30.4 Å². The van der Waals surface area contributed by atoms with Crippen LogP contribution in [0.1, 0.15) is 25.5 Å². The number of amidine groups is 1. The van der Waals surface area contributed by atoms with Crippen molar-refractivity contribution in [3.8, 4) is 0 Å². The van der Waals surface area contributed by atoms with Crippen molar-refractivity contribution in [2.75, 3.05) is 7.05 Å². The Morgan fingerprint density at radius 2 is 2.09 bits per heavy atom. The minimum atomic E-state index is 0.279. The Kier molecular flexibility index (Phi) is 3.15. The monoisotopic (exact) mass is 307 g/mol. The van der Waals surface area contributed by atoms with E-state index in [9.17, 15) is 0 Å². The minimum Gasteiger partial charge on any atom is -0.382 e. The average Bonchev–Trinajstić information content (AvgIpc) is 3.08. The van der Waals surface area contributed by atoms with Crippen molar-refractivity contribution in [2.24, 2.45) is 10.7 Å². The van der Waals surface area contributed by atoms with Crippen LogP contribution in [0.4, 0.5) is 0 Å². The number of nitrogens with zero attached hydrogens (tertiary/aromatic N) is 3. The van der Waals surface area contributed by atoms with Crippen molar-refractivity contribution in [3.05, 3.63) is 54.1 Å². The number of hydrogen-bond acceptors (Lipinski definition) is 4. The van der Waals surface area contributed by atoms with Crippen molar-refractivity contribution in [3.63, 3.8) is 0 Å². The Hall–Kier alpha value is -2.69. The summed E-state index contributed by atoms with van der Waals surface area (Å²) in [6, 6.07) is 10.5. The van der Waals surface area contributed by atoms with Crippen molar-refractivity contribution in [1.29, 1.82) is 0 Å². The van der Waals surface area contributed by atoms with E-state index in [1.807, 2.05) is 12.3 Å². The molecular formula is C18H21N5. The van der Waals surface area contributed by atoms with Gasteiger partial charge in [-0.1, -0.05) is 31.5 Å². The molecule has 118 valence electrons. The predicted octanol–water partition coefficient (Wildman–Crippen LogP) is 3.05. The zero-order chi connectivity index (χ0) is 16.0. The van der Waals surface area contributed by atoms with Gasteiger partial charge in [-0.15, -0.1) is 0 Å². The summed E-state index contributed by atoms with van der Waals surface area (Å²) in [5.74, 6) is 0.576. The lowest BCUT2D eigenvalue weighted by molar-refractivity contribution is 0.211. The lowest BCUT2D eigenvalue weighted by atomic mass is 10.2. The first-order chi connectivity index (χ1) is 11.2. The fraction of sp³-hybridized carbons (Fsp3) is 0.278. The van der Waals surface area contributed by atoms with E-state index in [4.69, 9.17) is 5.73 Å². The van der Waals surface area contributed by atoms with E-state index < -0.39 is 0 Å². The highest BCUT2D eigenvalue weighted by Crippen LogP contribution is 2.38. The van der Waals surface area contributed by atoms with Crippen LogP contribution in [0.3, 0.4) is 0 Å². The van der Waals surface area contributed by atoms with Crippen LogP contribution in [0, 0.1) is 0 Å². The second-order valence-electron chi connectivity index (χ2n) is 6.07. The van der Waals surface area contributed by atoms with Crippen LogP contribution in [-0.2, 0) is 0 Å².